The molecule has 6 heterocycles. The lowest BCUT2D eigenvalue weighted by atomic mass is 10.0. The van der Waals surface area contributed by atoms with Crippen molar-refractivity contribution in [1.82, 2.24) is 24.8 Å². The highest BCUT2D eigenvalue weighted by Crippen LogP contribution is 2.29. The second kappa shape index (κ2) is 9.31. The first-order valence-electron chi connectivity index (χ1n) is 12.1. The summed E-state index contributed by atoms with van der Waals surface area (Å²) in [5.41, 5.74) is 4.48. The van der Waals surface area contributed by atoms with Crippen LogP contribution < -0.4 is 4.90 Å². The number of halogens is 1. The Hall–Kier alpha value is -3.03. The zero-order valence-corrected chi connectivity index (χ0v) is 19.8. The van der Waals surface area contributed by atoms with Gasteiger partial charge in [0.25, 0.3) is 6.01 Å². The Morgan fingerprint density at radius 3 is 2.35 bits per heavy atom. The molecule has 0 unspecified atom stereocenters. The monoisotopic (exact) mass is 474 g/mol. The van der Waals surface area contributed by atoms with Gasteiger partial charge >= 0.3 is 0 Å². The third-order valence-corrected chi connectivity index (χ3v) is 7.11. The number of piperidine rings is 2. The SMILES string of the molecule is Clc1cccc(-c2cccc(-c3cnc4nc(N5CCC(N6CCCCC6)CC5)oc4c3)n2)n1. The van der Waals surface area contributed by atoms with Crippen LogP contribution in [-0.4, -0.2) is 57.1 Å². The smallest absolute Gasteiger partial charge is 0.299 e. The van der Waals surface area contributed by atoms with Gasteiger partial charge < -0.3 is 14.2 Å². The van der Waals surface area contributed by atoms with Crippen LogP contribution in [0.25, 0.3) is 33.9 Å². The number of hydrogen-bond acceptors (Lipinski definition) is 7. The van der Waals surface area contributed by atoms with E-state index in [1.165, 1.54) is 32.4 Å². The van der Waals surface area contributed by atoms with Crippen molar-refractivity contribution in [3.8, 4) is 22.6 Å². The molecule has 0 amide bonds. The van der Waals surface area contributed by atoms with Crippen molar-refractivity contribution >= 4 is 28.8 Å². The van der Waals surface area contributed by atoms with Crippen LogP contribution in [0, 0.1) is 0 Å². The largest absolute Gasteiger partial charge is 0.422 e. The van der Waals surface area contributed by atoms with E-state index in [-0.39, 0.29) is 0 Å². The molecule has 4 aromatic heterocycles. The third kappa shape index (κ3) is 4.38. The summed E-state index contributed by atoms with van der Waals surface area (Å²) in [7, 11) is 0. The summed E-state index contributed by atoms with van der Waals surface area (Å²) in [6.45, 7) is 4.44. The van der Waals surface area contributed by atoms with Crippen molar-refractivity contribution in [2.75, 3.05) is 31.1 Å². The molecule has 4 aromatic rings. The van der Waals surface area contributed by atoms with Gasteiger partial charge in [0.05, 0.1) is 17.1 Å². The van der Waals surface area contributed by atoms with Gasteiger partial charge in [-0.1, -0.05) is 30.2 Å². The van der Waals surface area contributed by atoms with Gasteiger partial charge in [0.2, 0.25) is 5.65 Å². The first-order valence-corrected chi connectivity index (χ1v) is 12.5. The highest BCUT2D eigenvalue weighted by molar-refractivity contribution is 6.29. The van der Waals surface area contributed by atoms with Gasteiger partial charge in [-0.15, -0.1) is 0 Å². The van der Waals surface area contributed by atoms with E-state index in [2.05, 4.69) is 24.8 Å². The standard InChI is InChI=1S/C26H27ClN6O/c27-24-9-5-8-22(30-24)21-7-4-6-20(29-21)18-16-23-25(28-17-18)31-26(34-23)33-14-10-19(11-15-33)32-12-2-1-3-13-32/h4-9,16-17,19H,1-3,10-15H2. The highest BCUT2D eigenvalue weighted by atomic mass is 35.5. The Morgan fingerprint density at radius 2 is 1.56 bits per heavy atom. The Bertz CT molecular complexity index is 1290. The van der Waals surface area contributed by atoms with E-state index in [0.717, 1.165) is 48.6 Å². The van der Waals surface area contributed by atoms with Crippen molar-refractivity contribution in [3.63, 3.8) is 0 Å². The molecule has 0 atom stereocenters. The molecular weight excluding hydrogens is 448 g/mol. The van der Waals surface area contributed by atoms with E-state index in [1.807, 2.05) is 36.4 Å². The summed E-state index contributed by atoms with van der Waals surface area (Å²) >= 11 is 6.06. The maximum Gasteiger partial charge on any atom is 0.299 e. The average Bonchev–Trinajstić information content (AvgIpc) is 3.33. The van der Waals surface area contributed by atoms with E-state index < -0.39 is 0 Å². The number of nitrogens with zero attached hydrogens (tertiary/aromatic N) is 6. The van der Waals surface area contributed by atoms with Crippen LogP contribution in [0.3, 0.4) is 0 Å². The highest BCUT2D eigenvalue weighted by Gasteiger charge is 2.27. The second-order valence-corrected chi connectivity index (χ2v) is 9.50. The number of hydrogen-bond donors (Lipinski definition) is 0. The predicted molar refractivity (Wildman–Crippen MR) is 134 cm³/mol. The molecule has 0 aliphatic carbocycles. The molecule has 34 heavy (non-hydrogen) atoms. The molecule has 6 rings (SSSR count). The molecule has 0 aromatic carbocycles. The summed E-state index contributed by atoms with van der Waals surface area (Å²) in [5, 5.41) is 0.446. The fourth-order valence-corrected chi connectivity index (χ4v) is 5.24. The summed E-state index contributed by atoms with van der Waals surface area (Å²) in [4.78, 5) is 23.3. The van der Waals surface area contributed by atoms with E-state index in [1.54, 1.807) is 12.3 Å². The van der Waals surface area contributed by atoms with Gasteiger partial charge in [-0.3, -0.25) is 0 Å². The lowest BCUT2D eigenvalue weighted by molar-refractivity contribution is 0.140. The summed E-state index contributed by atoms with van der Waals surface area (Å²) < 4.78 is 6.16. The normalized spacial score (nSPS) is 18.0. The summed E-state index contributed by atoms with van der Waals surface area (Å²) in [5.74, 6) is 0. The zero-order valence-electron chi connectivity index (χ0n) is 19.0. The molecule has 2 aliphatic heterocycles. The predicted octanol–water partition coefficient (Wildman–Crippen LogP) is 5.45. The van der Waals surface area contributed by atoms with Crippen LogP contribution in [-0.2, 0) is 0 Å². The zero-order chi connectivity index (χ0) is 22.9. The second-order valence-electron chi connectivity index (χ2n) is 9.11. The van der Waals surface area contributed by atoms with Crippen molar-refractivity contribution < 1.29 is 4.42 Å². The molecule has 0 radical (unpaired) electrons. The van der Waals surface area contributed by atoms with E-state index in [0.29, 0.717) is 28.4 Å². The Morgan fingerprint density at radius 1 is 0.824 bits per heavy atom. The van der Waals surface area contributed by atoms with Crippen LogP contribution in [0.15, 0.2) is 53.1 Å². The minimum atomic E-state index is 0.446. The number of aromatic nitrogens is 4. The van der Waals surface area contributed by atoms with Gasteiger partial charge in [-0.05, 0) is 69.1 Å². The minimum absolute atomic E-state index is 0.446. The van der Waals surface area contributed by atoms with Crippen molar-refractivity contribution in [2.24, 2.45) is 0 Å². The molecule has 0 bridgehead atoms. The molecule has 2 saturated heterocycles. The van der Waals surface area contributed by atoms with Crippen LogP contribution in [0.2, 0.25) is 5.15 Å². The lowest BCUT2D eigenvalue weighted by Gasteiger charge is -2.39. The first-order chi connectivity index (χ1) is 16.7. The summed E-state index contributed by atoms with van der Waals surface area (Å²) in [6.07, 6.45) is 8.18. The Balaban J connectivity index is 1.20. The average molecular weight is 475 g/mol. The van der Waals surface area contributed by atoms with Crippen LogP contribution in [0.5, 0.6) is 0 Å². The van der Waals surface area contributed by atoms with Gasteiger partial charge in [-0.2, -0.15) is 4.98 Å². The van der Waals surface area contributed by atoms with Crippen LogP contribution >= 0.6 is 11.6 Å². The van der Waals surface area contributed by atoms with Crippen molar-refractivity contribution in [2.45, 2.75) is 38.1 Å². The van der Waals surface area contributed by atoms with E-state index >= 15 is 0 Å². The molecule has 174 valence electrons. The van der Waals surface area contributed by atoms with Crippen molar-refractivity contribution in [3.05, 3.63) is 53.8 Å². The first kappa shape index (κ1) is 21.5. The summed E-state index contributed by atoms with van der Waals surface area (Å²) in [6, 6.07) is 14.7. The van der Waals surface area contributed by atoms with Crippen LogP contribution in [0.4, 0.5) is 6.01 Å². The molecule has 7 nitrogen and oxygen atoms in total. The molecule has 2 aliphatic rings. The Labute approximate surface area is 203 Å². The minimum Gasteiger partial charge on any atom is -0.422 e. The van der Waals surface area contributed by atoms with Gasteiger partial charge in [-0.25, -0.2) is 15.0 Å². The maximum absolute atomic E-state index is 6.16. The molecule has 0 spiro atoms. The lowest BCUT2D eigenvalue weighted by Crippen LogP contribution is -2.46. The van der Waals surface area contributed by atoms with E-state index in [4.69, 9.17) is 21.0 Å². The molecule has 8 heteroatoms. The Kier molecular flexibility index (Phi) is 5.89. The molecule has 2 fully saturated rings. The number of pyridine rings is 3. The van der Waals surface area contributed by atoms with Crippen LogP contribution in [0.1, 0.15) is 32.1 Å². The molecule has 0 saturated carbocycles. The number of oxazole rings is 1. The number of fused-ring (bicyclic) bond motifs is 1. The number of anilines is 1. The quantitative estimate of drug-likeness (QED) is 0.364. The van der Waals surface area contributed by atoms with Gasteiger partial charge in [0.15, 0.2) is 5.58 Å². The number of rotatable bonds is 4. The fourth-order valence-electron chi connectivity index (χ4n) is 5.08. The number of likely N-dealkylation sites (tertiary alicyclic amines) is 1. The van der Waals surface area contributed by atoms with Gasteiger partial charge in [0.1, 0.15) is 5.15 Å². The third-order valence-electron chi connectivity index (χ3n) is 6.90. The molecular formula is C26H27ClN6O. The van der Waals surface area contributed by atoms with E-state index in [9.17, 15) is 0 Å². The topological polar surface area (TPSA) is 71.2 Å². The van der Waals surface area contributed by atoms with Crippen molar-refractivity contribution in [1.29, 1.82) is 0 Å². The maximum atomic E-state index is 6.16. The fraction of sp³-hybridized carbons (Fsp3) is 0.385. The van der Waals surface area contributed by atoms with Gasteiger partial charge in [0, 0.05) is 30.9 Å². The molecule has 0 N–H and O–H groups in total.